The van der Waals surface area contributed by atoms with Crippen LogP contribution < -0.4 is 0 Å². The summed E-state index contributed by atoms with van der Waals surface area (Å²) < 4.78 is 4.66. The molecular weight excluding hydrogens is 432 g/mol. The minimum Gasteiger partial charge on any atom is -0.336 e. The number of piperazine rings is 1. The zero-order chi connectivity index (χ0) is 20.4. The molecular formula is C21H25BrN6O. The fourth-order valence-corrected chi connectivity index (χ4v) is 4.08. The van der Waals surface area contributed by atoms with Gasteiger partial charge in [-0.25, -0.2) is 0 Å². The van der Waals surface area contributed by atoms with E-state index in [2.05, 4.69) is 37.2 Å². The van der Waals surface area contributed by atoms with Gasteiger partial charge in [-0.3, -0.25) is 19.1 Å². The highest BCUT2D eigenvalue weighted by Crippen LogP contribution is 2.15. The van der Waals surface area contributed by atoms with E-state index in [1.54, 1.807) is 6.20 Å². The number of carbonyl (C=O) groups excluding carboxylic acids is 1. The third-order valence-electron chi connectivity index (χ3n) is 5.29. The lowest BCUT2D eigenvalue weighted by atomic mass is 10.1. The number of amides is 1. The normalized spacial score (nSPS) is 15.1. The molecule has 0 unspecified atom stereocenters. The highest BCUT2D eigenvalue weighted by Gasteiger charge is 2.23. The predicted molar refractivity (Wildman–Crippen MR) is 115 cm³/mol. The monoisotopic (exact) mass is 456 g/mol. The maximum Gasteiger partial charge on any atom is 0.253 e. The van der Waals surface area contributed by atoms with Gasteiger partial charge in [0.05, 0.1) is 22.9 Å². The average molecular weight is 457 g/mol. The summed E-state index contributed by atoms with van der Waals surface area (Å²) in [6, 6.07) is 7.85. The number of carbonyl (C=O) groups is 1. The largest absolute Gasteiger partial charge is 0.336 e. The molecule has 1 aliphatic rings. The first-order chi connectivity index (χ1) is 14.0. The highest BCUT2D eigenvalue weighted by molar-refractivity contribution is 9.10. The minimum absolute atomic E-state index is 0.103. The Balaban J connectivity index is 1.35. The van der Waals surface area contributed by atoms with Crippen molar-refractivity contribution >= 4 is 21.8 Å². The van der Waals surface area contributed by atoms with E-state index in [0.29, 0.717) is 6.54 Å². The van der Waals surface area contributed by atoms with Gasteiger partial charge in [0.25, 0.3) is 5.91 Å². The Morgan fingerprint density at radius 1 is 1.14 bits per heavy atom. The second-order valence-corrected chi connectivity index (χ2v) is 8.45. The molecule has 0 radical (unpaired) electrons. The molecule has 1 aromatic carbocycles. The SMILES string of the molecule is Cc1nn(C)cc1CN1CCN(C(=O)c2cccc(Cn3cc(Br)cn3)c2)CC1. The number of aromatic nitrogens is 4. The molecule has 1 amide bonds. The van der Waals surface area contributed by atoms with Crippen molar-refractivity contribution in [3.05, 3.63) is 69.7 Å². The summed E-state index contributed by atoms with van der Waals surface area (Å²) >= 11 is 3.41. The summed E-state index contributed by atoms with van der Waals surface area (Å²) in [7, 11) is 1.95. The highest BCUT2D eigenvalue weighted by atomic mass is 79.9. The molecule has 0 saturated carbocycles. The quantitative estimate of drug-likeness (QED) is 0.591. The molecule has 0 aliphatic carbocycles. The Bertz CT molecular complexity index is 1000. The molecule has 0 atom stereocenters. The zero-order valence-corrected chi connectivity index (χ0v) is 18.3. The lowest BCUT2D eigenvalue weighted by Gasteiger charge is -2.34. The smallest absolute Gasteiger partial charge is 0.253 e. The Morgan fingerprint density at radius 3 is 2.59 bits per heavy atom. The first kappa shape index (κ1) is 19.8. The Kier molecular flexibility index (Phi) is 5.82. The fraction of sp³-hybridized carbons (Fsp3) is 0.381. The summed E-state index contributed by atoms with van der Waals surface area (Å²) in [4.78, 5) is 17.3. The van der Waals surface area contributed by atoms with Crippen LogP contribution in [0, 0.1) is 6.92 Å². The van der Waals surface area contributed by atoms with Crippen molar-refractivity contribution in [1.29, 1.82) is 0 Å². The maximum absolute atomic E-state index is 13.0. The van der Waals surface area contributed by atoms with Gasteiger partial charge in [-0.15, -0.1) is 0 Å². The lowest BCUT2D eigenvalue weighted by molar-refractivity contribution is 0.0628. The van der Waals surface area contributed by atoms with Crippen LogP contribution in [0.4, 0.5) is 0 Å². The summed E-state index contributed by atoms with van der Waals surface area (Å²) in [6.07, 6.45) is 5.77. The van der Waals surface area contributed by atoms with E-state index in [9.17, 15) is 4.79 Å². The first-order valence-electron chi connectivity index (χ1n) is 9.75. The van der Waals surface area contributed by atoms with Crippen molar-refractivity contribution in [3.63, 3.8) is 0 Å². The van der Waals surface area contributed by atoms with Gasteiger partial charge in [-0.05, 0) is 40.5 Å². The molecule has 7 nitrogen and oxygen atoms in total. The van der Waals surface area contributed by atoms with Gasteiger partial charge >= 0.3 is 0 Å². The van der Waals surface area contributed by atoms with Gasteiger partial charge in [0.2, 0.25) is 0 Å². The van der Waals surface area contributed by atoms with Gasteiger partial charge in [-0.2, -0.15) is 10.2 Å². The van der Waals surface area contributed by atoms with Gasteiger partial charge < -0.3 is 4.90 Å². The van der Waals surface area contributed by atoms with E-state index in [-0.39, 0.29) is 5.91 Å². The maximum atomic E-state index is 13.0. The van der Waals surface area contributed by atoms with Crippen LogP contribution in [0.15, 0.2) is 47.3 Å². The molecule has 3 heterocycles. The number of nitrogens with zero attached hydrogens (tertiary/aromatic N) is 6. The molecule has 8 heteroatoms. The molecule has 29 heavy (non-hydrogen) atoms. The standard InChI is InChI=1S/C21H25BrN6O/c1-16-19(13-25(2)24-16)14-26-6-8-27(9-7-26)21(29)18-5-3-4-17(10-18)12-28-15-20(22)11-23-28/h3-5,10-11,13,15H,6-9,12,14H2,1-2H3. The predicted octanol–water partition coefficient (Wildman–Crippen LogP) is 2.69. The summed E-state index contributed by atoms with van der Waals surface area (Å²) in [6.45, 7) is 6.82. The molecule has 1 aliphatic heterocycles. The number of benzene rings is 1. The van der Waals surface area contributed by atoms with Gasteiger partial charge in [0.1, 0.15) is 0 Å². The van der Waals surface area contributed by atoms with Crippen molar-refractivity contribution in [3.8, 4) is 0 Å². The van der Waals surface area contributed by atoms with Crippen molar-refractivity contribution in [2.45, 2.75) is 20.0 Å². The van der Waals surface area contributed by atoms with Gasteiger partial charge in [-0.1, -0.05) is 12.1 Å². The van der Waals surface area contributed by atoms with E-state index in [4.69, 9.17) is 0 Å². The van der Waals surface area contributed by atoms with E-state index in [0.717, 1.165) is 54.0 Å². The Morgan fingerprint density at radius 2 is 1.93 bits per heavy atom. The topological polar surface area (TPSA) is 59.2 Å². The second-order valence-electron chi connectivity index (χ2n) is 7.54. The molecule has 4 rings (SSSR count). The zero-order valence-electron chi connectivity index (χ0n) is 16.8. The van der Waals surface area contributed by atoms with Crippen LogP contribution in [-0.2, 0) is 20.1 Å². The lowest BCUT2D eigenvalue weighted by Crippen LogP contribution is -2.48. The van der Waals surface area contributed by atoms with Crippen LogP contribution >= 0.6 is 15.9 Å². The van der Waals surface area contributed by atoms with Crippen LogP contribution in [0.3, 0.4) is 0 Å². The number of aryl methyl sites for hydroxylation is 2. The van der Waals surface area contributed by atoms with Crippen LogP contribution in [0.5, 0.6) is 0 Å². The van der Waals surface area contributed by atoms with Crippen molar-refractivity contribution in [2.24, 2.45) is 7.05 Å². The third kappa shape index (κ3) is 4.76. The molecule has 1 saturated heterocycles. The summed E-state index contributed by atoms with van der Waals surface area (Å²) in [5.41, 5.74) is 4.14. The van der Waals surface area contributed by atoms with Crippen molar-refractivity contribution in [1.82, 2.24) is 29.4 Å². The average Bonchev–Trinajstić information content (AvgIpc) is 3.26. The Labute approximate surface area is 179 Å². The first-order valence-corrected chi connectivity index (χ1v) is 10.5. The van der Waals surface area contributed by atoms with Crippen LogP contribution in [0.2, 0.25) is 0 Å². The number of rotatable bonds is 5. The molecule has 3 aromatic rings. The molecule has 1 fully saturated rings. The summed E-state index contributed by atoms with van der Waals surface area (Å²) in [5, 5.41) is 8.70. The minimum atomic E-state index is 0.103. The van der Waals surface area contributed by atoms with E-state index in [1.807, 2.05) is 58.7 Å². The van der Waals surface area contributed by atoms with E-state index >= 15 is 0 Å². The summed E-state index contributed by atoms with van der Waals surface area (Å²) in [5.74, 6) is 0.103. The molecule has 152 valence electrons. The van der Waals surface area contributed by atoms with Crippen LogP contribution in [0.25, 0.3) is 0 Å². The van der Waals surface area contributed by atoms with Gasteiger partial charge in [0, 0.05) is 63.3 Å². The fourth-order valence-electron chi connectivity index (χ4n) is 3.75. The van der Waals surface area contributed by atoms with Crippen molar-refractivity contribution < 1.29 is 4.79 Å². The molecule has 2 aromatic heterocycles. The second kappa shape index (κ2) is 8.51. The molecule has 0 N–H and O–H groups in total. The van der Waals surface area contributed by atoms with Crippen LogP contribution in [-0.4, -0.2) is 61.4 Å². The van der Waals surface area contributed by atoms with Gasteiger partial charge in [0.15, 0.2) is 0 Å². The number of halogens is 1. The van der Waals surface area contributed by atoms with E-state index < -0.39 is 0 Å². The molecule has 0 spiro atoms. The Hall–Kier alpha value is -2.45. The van der Waals surface area contributed by atoms with Crippen molar-refractivity contribution in [2.75, 3.05) is 26.2 Å². The van der Waals surface area contributed by atoms with Crippen LogP contribution in [0.1, 0.15) is 27.2 Å². The number of hydrogen-bond acceptors (Lipinski definition) is 4. The number of hydrogen-bond donors (Lipinski definition) is 0. The van der Waals surface area contributed by atoms with E-state index in [1.165, 1.54) is 5.56 Å². The molecule has 0 bridgehead atoms. The third-order valence-corrected chi connectivity index (χ3v) is 5.70.